The first-order valence-electron chi connectivity index (χ1n) is 10.7. The van der Waals surface area contributed by atoms with Crippen LogP contribution >= 0.6 is 21.6 Å². The van der Waals surface area contributed by atoms with E-state index in [1.54, 1.807) is 13.8 Å². The molecule has 0 saturated carbocycles. The lowest BCUT2D eigenvalue weighted by atomic mass is 9.97. The Hall–Kier alpha value is -2.48. The average molecular weight is 571 g/mol. The van der Waals surface area contributed by atoms with E-state index in [1.165, 1.54) is 13.8 Å². The number of carbonyl (C=O) groups is 2. The lowest BCUT2D eigenvalue weighted by molar-refractivity contribution is -0.144. The van der Waals surface area contributed by atoms with Gasteiger partial charge in [0.15, 0.2) is 11.4 Å². The number of ether oxygens (including phenoxy) is 2. The molecule has 0 unspecified atom stereocenters. The van der Waals surface area contributed by atoms with Gasteiger partial charge in [0.2, 0.25) is 0 Å². The van der Waals surface area contributed by atoms with E-state index in [2.05, 4.69) is 19.4 Å². The first-order chi connectivity index (χ1) is 17.0. The lowest BCUT2D eigenvalue weighted by Gasteiger charge is -2.22. The highest BCUT2D eigenvalue weighted by Crippen LogP contribution is 2.51. The van der Waals surface area contributed by atoms with Crippen molar-refractivity contribution < 1.29 is 45.4 Å². The summed E-state index contributed by atoms with van der Waals surface area (Å²) in [5, 5.41) is 0. The Balaban J connectivity index is 2.85. The summed E-state index contributed by atoms with van der Waals surface area (Å²) in [6.07, 6.45) is -8.46. The van der Waals surface area contributed by atoms with E-state index in [-0.39, 0.29) is 34.6 Å². The lowest BCUT2D eigenvalue weighted by Crippen LogP contribution is -2.17. The van der Waals surface area contributed by atoms with Crippen LogP contribution in [0.15, 0.2) is 22.2 Å². The molecule has 0 aromatic carbocycles. The minimum absolute atomic E-state index is 0.0114. The molecule has 2 heterocycles. The largest absolute Gasteiger partial charge is 0.465 e. The zero-order valence-electron chi connectivity index (χ0n) is 20.6. The Labute approximate surface area is 217 Å². The molecule has 0 spiro atoms. The second-order valence-electron chi connectivity index (χ2n) is 8.49. The summed E-state index contributed by atoms with van der Waals surface area (Å²) >= 11 is 0. The Morgan fingerprint density at radius 3 is 1.68 bits per heavy atom. The molecule has 0 aliphatic rings. The summed E-state index contributed by atoms with van der Waals surface area (Å²) in [5.74, 6) is -2.75. The van der Waals surface area contributed by atoms with Gasteiger partial charge in [0.25, 0.3) is 0 Å². The number of rotatable bonds is 8. The number of nitrogens with zero attached hydrogens (tertiary/aromatic N) is 2. The molecule has 0 atom stereocenters. The van der Waals surface area contributed by atoms with Gasteiger partial charge in [-0.2, -0.15) is 26.3 Å². The highest BCUT2D eigenvalue weighted by Gasteiger charge is 2.41. The maximum absolute atomic E-state index is 13.9. The fourth-order valence-electron chi connectivity index (χ4n) is 3.44. The van der Waals surface area contributed by atoms with Crippen LogP contribution in [0.3, 0.4) is 0 Å². The minimum Gasteiger partial charge on any atom is -0.465 e. The maximum Gasteiger partial charge on any atom is 0.434 e. The van der Waals surface area contributed by atoms with E-state index in [0.29, 0.717) is 21.6 Å². The van der Waals surface area contributed by atoms with Gasteiger partial charge < -0.3 is 9.47 Å². The molecule has 0 amide bonds. The quantitative estimate of drug-likeness (QED) is 0.187. The van der Waals surface area contributed by atoms with Crippen LogP contribution in [0.1, 0.15) is 76.8 Å². The van der Waals surface area contributed by atoms with E-state index in [4.69, 9.17) is 0 Å². The number of aromatic nitrogens is 2. The third kappa shape index (κ3) is 7.09. The van der Waals surface area contributed by atoms with Crippen molar-refractivity contribution in [3.63, 3.8) is 0 Å². The molecule has 0 saturated heterocycles. The molecule has 0 aliphatic heterocycles. The number of esters is 2. The van der Waals surface area contributed by atoms with Gasteiger partial charge in [-0.15, -0.1) is 0 Å². The third-order valence-corrected chi connectivity index (χ3v) is 7.48. The van der Waals surface area contributed by atoms with Crippen molar-refractivity contribution in [3.8, 4) is 0 Å². The Morgan fingerprint density at radius 1 is 0.811 bits per heavy atom. The molecule has 0 radical (unpaired) electrons. The summed E-state index contributed by atoms with van der Waals surface area (Å²) in [5.41, 5.74) is -3.33. The van der Waals surface area contributed by atoms with Crippen molar-refractivity contribution >= 4 is 33.5 Å². The molecule has 0 aliphatic carbocycles. The first kappa shape index (κ1) is 30.7. The second kappa shape index (κ2) is 11.9. The van der Waals surface area contributed by atoms with Crippen LogP contribution in [-0.4, -0.2) is 36.1 Å². The number of methoxy groups -OCH3 is 2. The predicted octanol–water partition coefficient (Wildman–Crippen LogP) is 7.21. The van der Waals surface area contributed by atoms with Crippen molar-refractivity contribution in [1.29, 1.82) is 0 Å². The number of carbonyl (C=O) groups excluding carboxylic acids is 2. The fourth-order valence-corrected chi connectivity index (χ4v) is 6.38. The highest BCUT2D eigenvalue weighted by atomic mass is 33.1. The van der Waals surface area contributed by atoms with Gasteiger partial charge in [-0.25, -0.2) is 19.6 Å². The normalized spacial score (nSPS) is 12.3. The van der Waals surface area contributed by atoms with E-state index in [1.807, 2.05) is 0 Å². The van der Waals surface area contributed by atoms with Crippen molar-refractivity contribution in [2.45, 2.75) is 62.2 Å². The number of hydrogen-bond donors (Lipinski definition) is 0. The Morgan fingerprint density at radius 2 is 1.24 bits per heavy atom. The molecule has 2 aromatic heterocycles. The molecule has 2 rings (SSSR count). The van der Waals surface area contributed by atoms with E-state index in [0.717, 1.165) is 26.6 Å². The predicted molar refractivity (Wildman–Crippen MR) is 126 cm³/mol. The summed E-state index contributed by atoms with van der Waals surface area (Å²) in [6, 6.07) is 0. The van der Waals surface area contributed by atoms with Gasteiger partial charge in [-0.05, 0) is 51.0 Å². The summed E-state index contributed by atoms with van der Waals surface area (Å²) in [4.78, 5) is 30.3. The van der Waals surface area contributed by atoms with E-state index >= 15 is 0 Å². The molecular weight excluding hydrogens is 546 g/mol. The van der Waals surface area contributed by atoms with Crippen LogP contribution in [0.4, 0.5) is 26.3 Å². The third-order valence-electron chi connectivity index (χ3n) is 4.96. The summed E-state index contributed by atoms with van der Waals surface area (Å²) in [7, 11) is 2.82. The van der Waals surface area contributed by atoms with Crippen LogP contribution in [0, 0.1) is 5.92 Å². The van der Waals surface area contributed by atoms with Crippen molar-refractivity contribution in [2.75, 3.05) is 14.2 Å². The first-order valence-corrected chi connectivity index (χ1v) is 12.9. The van der Waals surface area contributed by atoms with Gasteiger partial charge in [-0.1, -0.05) is 27.7 Å². The smallest absolute Gasteiger partial charge is 0.434 e. The SMILES string of the molecule is COC(=O)c1cnc(C(F)(F)F)c(SSc2c(C(F)(F)F)ncc(C(=O)OC)c2C(C)C)c1CC(C)C. The number of alkyl halides is 6. The molecule has 14 heteroatoms. The van der Waals surface area contributed by atoms with Gasteiger partial charge in [-0.3, -0.25) is 0 Å². The van der Waals surface area contributed by atoms with E-state index in [9.17, 15) is 35.9 Å². The molecule has 6 nitrogen and oxygen atoms in total. The monoisotopic (exact) mass is 570 g/mol. The minimum atomic E-state index is -4.97. The second-order valence-corrected chi connectivity index (χ2v) is 10.6. The molecule has 0 N–H and O–H groups in total. The zero-order chi connectivity index (χ0) is 28.3. The van der Waals surface area contributed by atoms with Crippen molar-refractivity contribution in [2.24, 2.45) is 5.92 Å². The topological polar surface area (TPSA) is 78.4 Å². The average Bonchev–Trinajstić information content (AvgIpc) is 2.79. The summed E-state index contributed by atoms with van der Waals surface area (Å²) < 4.78 is 92.9. The highest BCUT2D eigenvalue weighted by molar-refractivity contribution is 8.76. The number of hydrogen-bond acceptors (Lipinski definition) is 8. The molecule has 2 aromatic rings. The van der Waals surface area contributed by atoms with Crippen LogP contribution in [0.5, 0.6) is 0 Å². The van der Waals surface area contributed by atoms with E-state index < -0.39 is 51.4 Å². The Kier molecular flexibility index (Phi) is 9.91. The van der Waals surface area contributed by atoms with Crippen LogP contribution in [0.2, 0.25) is 0 Å². The standard InChI is InChI=1S/C23H24F6N2O4S2/c1-10(2)7-12-13(20(32)34-5)8-30-18(22(24,25)26)16(12)36-37-17-15(11(3)4)14(21(33)35-6)9-31-19(17)23(27,28)29/h8-11H,7H2,1-6H3. The van der Waals surface area contributed by atoms with Crippen LogP contribution in [0.25, 0.3) is 0 Å². The molecule has 0 fully saturated rings. The fraction of sp³-hybridized carbons (Fsp3) is 0.478. The van der Waals surface area contributed by atoms with Gasteiger partial charge in [0.05, 0.1) is 35.1 Å². The summed E-state index contributed by atoms with van der Waals surface area (Å²) in [6.45, 7) is 6.47. The molecule has 0 bridgehead atoms. The molecule has 204 valence electrons. The zero-order valence-corrected chi connectivity index (χ0v) is 22.3. The van der Waals surface area contributed by atoms with Crippen molar-refractivity contribution in [1.82, 2.24) is 9.97 Å². The molecular formula is C23H24F6N2O4S2. The van der Waals surface area contributed by atoms with Gasteiger partial charge in [0, 0.05) is 12.4 Å². The van der Waals surface area contributed by atoms with Crippen LogP contribution in [-0.2, 0) is 28.2 Å². The number of halogens is 6. The van der Waals surface area contributed by atoms with Gasteiger partial charge >= 0.3 is 24.3 Å². The number of pyridine rings is 2. The van der Waals surface area contributed by atoms with Crippen LogP contribution < -0.4 is 0 Å². The maximum atomic E-state index is 13.9. The molecule has 37 heavy (non-hydrogen) atoms. The Bertz CT molecular complexity index is 1170. The van der Waals surface area contributed by atoms with Gasteiger partial charge in [0.1, 0.15) is 0 Å². The van der Waals surface area contributed by atoms with Crippen molar-refractivity contribution in [3.05, 3.63) is 46.0 Å².